The van der Waals surface area contributed by atoms with Gasteiger partial charge in [-0.15, -0.1) is 6.58 Å². The van der Waals surface area contributed by atoms with Crippen LogP contribution in [-0.4, -0.2) is 22.1 Å². The molecule has 4 nitrogen and oxygen atoms in total. The molecule has 1 aromatic rings. The van der Waals surface area contributed by atoms with Crippen LogP contribution in [0.15, 0.2) is 21.9 Å². The van der Waals surface area contributed by atoms with Gasteiger partial charge in [-0.05, 0) is 45.2 Å². The van der Waals surface area contributed by atoms with Gasteiger partial charge in [0.2, 0.25) is 0 Å². The highest BCUT2D eigenvalue weighted by Crippen LogP contribution is 2.21. The van der Waals surface area contributed by atoms with Gasteiger partial charge < -0.3 is 5.32 Å². The van der Waals surface area contributed by atoms with Crippen LogP contribution in [-0.2, 0) is 0 Å². The Morgan fingerprint density at radius 3 is 2.87 bits per heavy atom. The second kappa shape index (κ2) is 5.46. The van der Waals surface area contributed by atoms with Gasteiger partial charge in [0.05, 0.1) is 0 Å². The van der Waals surface area contributed by atoms with Gasteiger partial charge >= 0.3 is 0 Å². The van der Waals surface area contributed by atoms with E-state index in [-0.39, 0.29) is 11.9 Å². The third-order valence-corrected chi connectivity index (χ3v) is 2.95. The Morgan fingerprint density at radius 1 is 1.73 bits per heavy atom. The molecule has 0 aliphatic rings. The minimum atomic E-state index is -0.170. The smallest absolute Gasteiger partial charge is 0.257 e. The van der Waals surface area contributed by atoms with Crippen LogP contribution in [0.3, 0.4) is 0 Å². The first kappa shape index (κ1) is 12.4. The molecule has 2 N–H and O–H groups in total. The molecule has 0 aliphatic heterocycles. The highest BCUT2D eigenvalue weighted by Gasteiger charge is 2.18. The van der Waals surface area contributed by atoms with E-state index in [1.54, 1.807) is 6.08 Å². The SMILES string of the molecule is C=CCC(C)NC(=O)c1c(Br)n[nH]c1Br. The summed E-state index contributed by atoms with van der Waals surface area (Å²) < 4.78 is 1.07. The summed E-state index contributed by atoms with van der Waals surface area (Å²) >= 11 is 6.41. The molecule has 0 radical (unpaired) electrons. The zero-order chi connectivity index (χ0) is 11.4. The summed E-state index contributed by atoms with van der Waals surface area (Å²) in [5, 5.41) is 9.35. The highest BCUT2D eigenvalue weighted by atomic mass is 79.9. The highest BCUT2D eigenvalue weighted by molar-refractivity contribution is 9.11. The van der Waals surface area contributed by atoms with Crippen molar-refractivity contribution < 1.29 is 4.79 Å². The molecular formula is C9H11Br2N3O. The van der Waals surface area contributed by atoms with Crippen molar-refractivity contribution in [2.75, 3.05) is 0 Å². The number of hydrogen-bond acceptors (Lipinski definition) is 2. The molecule has 0 aromatic carbocycles. The third kappa shape index (κ3) is 3.17. The van der Waals surface area contributed by atoms with Crippen molar-refractivity contribution in [2.45, 2.75) is 19.4 Å². The van der Waals surface area contributed by atoms with Crippen molar-refractivity contribution >= 4 is 37.8 Å². The number of aromatic nitrogens is 2. The van der Waals surface area contributed by atoms with Gasteiger partial charge in [-0.3, -0.25) is 9.89 Å². The van der Waals surface area contributed by atoms with Crippen molar-refractivity contribution in [3.8, 4) is 0 Å². The molecule has 0 spiro atoms. The van der Waals surface area contributed by atoms with E-state index in [4.69, 9.17) is 0 Å². The quantitative estimate of drug-likeness (QED) is 0.830. The second-order valence-corrected chi connectivity index (χ2v) is 4.65. The first-order valence-electron chi connectivity index (χ1n) is 4.37. The number of nitrogens with zero attached hydrogens (tertiary/aromatic N) is 1. The minimum Gasteiger partial charge on any atom is -0.349 e. The molecule has 1 atom stereocenters. The molecular weight excluding hydrogens is 326 g/mol. The fraction of sp³-hybridized carbons (Fsp3) is 0.333. The van der Waals surface area contributed by atoms with Crippen LogP contribution in [0.2, 0.25) is 0 Å². The van der Waals surface area contributed by atoms with Gasteiger partial charge in [0.25, 0.3) is 5.91 Å². The molecule has 6 heteroatoms. The molecule has 0 saturated heterocycles. The Bertz CT molecular complexity index is 356. The van der Waals surface area contributed by atoms with Gasteiger partial charge in [-0.2, -0.15) is 5.10 Å². The number of H-pyrrole nitrogens is 1. The number of carbonyl (C=O) groups excluding carboxylic acids is 1. The van der Waals surface area contributed by atoms with E-state index in [1.165, 1.54) is 0 Å². The lowest BCUT2D eigenvalue weighted by molar-refractivity contribution is 0.0939. The number of rotatable bonds is 4. The molecule has 0 bridgehead atoms. The predicted molar refractivity (Wildman–Crippen MR) is 65.7 cm³/mol. The third-order valence-electron chi connectivity index (χ3n) is 1.80. The Hall–Kier alpha value is -0.620. The minimum absolute atomic E-state index is 0.0590. The monoisotopic (exact) mass is 335 g/mol. The van der Waals surface area contributed by atoms with E-state index in [2.05, 4.69) is 54.0 Å². The summed E-state index contributed by atoms with van der Waals surface area (Å²) in [6, 6.07) is 0.0590. The molecule has 0 aliphatic carbocycles. The van der Waals surface area contributed by atoms with E-state index < -0.39 is 0 Å². The van der Waals surface area contributed by atoms with Gasteiger partial charge in [-0.1, -0.05) is 6.08 Å². The van der Waals surface area contributed by atoms with Gasteiger partial charge in [-0.25, -0.2) is 0 Å². The van der Waals surface area contributed by atoms with Crippen molar-refractivity contribution in [1.82, 2.24) is 15.5 Å². The summed E-state index contributed by atoms with van der Waals surface area (Å²) in [5.74, 6) is -0.170. The van der Waals surface area contributed by atoms with Crippen LogP contribution in [0.4, 0.5) is 0 Å². The van der Waals surface area contributed by atoms with Crippen LogP contribution >= 0.6 is 31.9 Å². The van der Waals surface area contributed by atoms with Crippen LogP contribution in [0, 0.1) is 0 Å². The van der Waals surface area contributed by atoms with E-state index in [1.807, 2.05) is 6.92 Å². The molecule has 1 heterocycles. The first-order valence-corrected chi connectivity index (χ1v) is 5.96. The molecule has 82 valence electrons. The zero-order valence-electron chi connectivity index (χ0n) is 8.18. The second-order valence-electron chi connectivity index (χ2n) is 3.10. The standard InChI is InChI=1S/C9H11Br2N3O/c1-3-4-5(2)12-9(15)6-7(10)13-14-8(6)11/h3,5H,1,4H2,2H3,(H,12,15)(H,13,14). The maximum atomic E-state index is 11.8. The van der Waals surface area contributed by atoms with Gasteiger partial charge in [0, 0.05) is 6.04 Å². The van der Waals surface area contributed by atoms with Crippen LogP contribution in [0.25, 0.3) is 0 Å². The molecule has 0 saturated carbocycles. The number of amides is 1. The van der Waals surface area contributed by atoms with Crippen molar-refractivity contribution in [2.24, 2.45) is 0 Å². The lowest BCUT2D eigenvalue weighted by atomic mass is 10.2. The average Bonchev–Trinajstić information content (AvgIpc) is 2.46. The molecule has 0 fully saturated rings. The molecule has 1 aromatic heterocycles. The number of hydrogen-bond donors (Lipinski definition) is 2. The maximum absolute atomic E-state index is 11.8. The maximum Gasteiger partial charge on any atom is 0.257 e. The van der Waals surface area contributed by atoms with Gasteiger partial charge in [0.1, 0.15) is 14.8 Å². The Kier molecular flexibility index (Phi) is 4.53. The van der Waals surface area contributed by atoms with Crippen molar-refractivity contribution in [3.05, 3.63) is 27.4 Å². The topological polar surface area (TPSA) is 57.8 Å². The molecule has 1 unspecified atom stereocenters. The van der Waals surface area contributed by atoms with E-state index in [0.717, 1.165) is 6.42 Å². The largest absolute Gasteiger partial charge is 0.349 e. The lowest BCUT2D eigenvalue weighted by Gasteiger charge is -2.10. The van der Waals surface area contributed by atoms with Crippen LogP contribution in [0.5, 0.6) is 0 Å². The summed E-state index contributed by atoms with van der Waals surface area (Å²) in [5.41, 5.74) is 0.478. The number of carbonyl (C=O) groups is 1. The zero-order valence-corrected chi connectivity index (χ0v) is 11.4. The summed E-state index contributed by atoms with van der Waals surface area (Å²) in [6.07, 6.45) is 2.50. The summed E-state index contributed by atoms with van der Waals surface area (Å²) in [7, 11) is 0. The number of aromatic amines is 1. The van der Waals surface area contributed by atoms with E-state index >= 15 is 0 Å². The number of halogens is 2. The Morgan fingerprint density at radius 2 is 2.40 bits per heavy atom. The molecule has 15 heavy (non-hydrogen) atoms. The predicted octanol–water partition coefficient (Wildman–Crippen LogP) is 2.63. The summed E-state index contributed by atoms with van der Waals surface area (Å²) in [4.78, 5) is 11.8. The fourth-order valence-electron chi connectivity index (χ4n) is 1.10. The van der Waals surface area contributed by atoms with Crippen LogP contribution < -0.4 is 5.32 Å². The van der Waals surface area contributed by atoms with E-state index in [9.17, 15) is 4.79 Å². The fourth-order valence-corrected chi connectivity index (χ4v) is 2.29. The molecule has 1 amide bonds. The average molecular weight is 337 g/mol. The van der Waals surface area contributed by atoms with E-state index in [0.29, 0.717) is 14.8 Å². The normalized spacial score (nSPS) is 12.2. The number of nitrogens with one attached hydrogen (secondary N) is 2. The first-order chi connectivity index (χ1) is 7.06. The molecule has 1 rings (SSSR count). The Balaban J connectivity index is 2.73. The van der Waals surface area contributed by atoms with Gasteiger partial charge in [0.15, 0.2) is 0 Å². The van der Waals surface area contributed by atoms with Crippen LogP contribution in [0.1, 0.15) is 23.7 Å². The lowest BCUT2D eigenvalue weighted by Crippen LogP contribution is -2.32. The summed E-state index contributed by atoms with van der Waals surface area (Å²) in [6.45, 7) is 5.54. The van der Waals surface area contributed by atoms with Crippen molar-refractivity contribution in [3.63, 3.8) is 0 Å². The van der Waals surface area contributed by atoms with Crippen molar-refractivity contribution in [1.29, 1.82) is 0 Å². The Labute approximate surface area is 105 Å².